The van der Waals surface area contributed by atoms with Crippen LogP contribution in [0.3, 0.4) is 0 Å². The van der Waals surface area contributed by atoms with Crippen LogP contribution in [0.2, 0.25) is 0 Å². The molecule has 0 heterocycles. The molecule has 3 nitrogen and oxygen atoms in total. The lowest BCUT2D eigenvalue weighted by Gasteiger charge is -2.19. The van der Waals surface area contributed by atoms with Gasteiger partial charge < -0.3 is 10.1 Å². The molecule has 0 aliphatic rings. The fraction of sp³-hybridized carbons (Fsp3) is 0.562. The van der Waals surface area contributed by atoms with Crippen molar-refractivity contribution in [3.63, 3.8) is 0 Å². The van der Waals surface area contributed by atoms with Crippen LogP contribution in [0.5, 0.6) is 0 Å². The molecule has 1 aromatic carbocycles. The lowest BCUT2D eigenvalue weighted by Crippen LogP contribution is -2.23. The Hall–Kier alpha value is -1.00. The van der Waals surface area contributed by atoms with Gasteiger partial charge in [0.2, 0.25) is 0 Å². The number of thioether (sulfide) groups is 1. The molecule has 0 aliphatic heterocycles. The quantitative estimate of drug-likeness (QED) is 0.590. The topological polar surface area (TPSA) is 38.3 Å². The molecule has 0 radical (unpaired) electrons. The summed E-state index contributed by atoms with van der Waals surface area (Å²) in [4.78, 5) is 11.1. The van der Waals surface area contributed by atoms with Crippen LogP contribution in [0.1, 0.15) is 36.1 Å². The minimum atomic E-state index is -0.135. The van der Waals surface area contributed by atoms with E-state index < -0.39 is 0 Å². The number of rotatable bonds is 8. The van der Waals surface area contributed by atoms with Crippen molar-refractivity contribution in [1.29, 1.82) is 0 Å². The zero-order valence-corrected chi connectivity index (χ0v) is 13.7. The Labute approximate surface area is 126 Å². The maximum absolute atomic E-state index is 11.1. The number of aryl methyl sites for hydroxylation is 2. The van der Waals surface area contributed by atoms with E-state index in [1.165, 1.54) is 23.8 Å². The van der Waals surface area contributed by atoms with Crippen LogP contribution in [0, 0.1) is 13.8 Å². The van der Waals surface area contributed by atoms with Gasteiger partial charge in [-0.3, -0.25) is 4.79 Å². The summed E-state index contributed by atoms with van der Waals surface area (Å²) in [7, 11) is 1.43. The molecule has 1 unspecified atom stereocenters. The van der Waals surface area contributed by atoms with Gasteiger partial charge in [-0.2, -0.15) is 11.8 Å². The predicted octanol–water partition coefficient (Wildman–Crippen LogP) is 3.25. The highest BCUT2D eigenvalue weighted by molar-refractivity contribution is 7.99. The molecule has 0 amide bonds. The summed E-state index contributed by atoms with van der Waals surface area (Å²) in [6, 6.07) is 6.95. The van der Waals surface area contributed by atoms with Gasteiger partial charge in [-0.15, -0.1) is 0 Å². The maximum atomic E-state index is 11.1. The Morgan fingerprint density at radius 2 is 2.10 bits per heavy atom. The van der Waals surface area contributed by atoms with Crippen molar-refractivity contribution in [3.05, 3.63) is 34.9 Å². The van der Waals surface area contributed by atoms with Gasteiger partial charge >= 0.3 is 5.97 Å². The summed E-state index contributed by atoms with van der Waals surface area (Å²) < 4.78 is 4.65. The number of benzene rings is 1. The van der Waals surface area contributed by atoms with E-state index in [1.54, 1.807) is 11.8 Å². The molecular formula is C16H25NO2S. The molecule has 1 aromatic rings. The van der Waals surface area contributed by atoms with Crippen molar-refractivity contribution in [2.24, 2.45) is 0 Å². The van der Waals surface area contributed by atoms with E-state index in [0.29, 0.717) is 12.5 Å². The van der Waals surface area contributed by atoms with E-state index in [4.69, 9.17) is 0 Å². The molecule has 112 valence electrons. The average molecular weight is 295 g/mol. The molecule has 0 spiro atoms. The molecule has 0 fully saturated rings. The molecule has 0 aliphatic carbocycles. The second-order valence-corrected chi connectivity index (χ2v) is 6.00. The lowest BCUT2D eigenvalue weighted by atomic mass is 10.0. The zero-order valence-electron chi connectivity index (χ0n) is 12.9. The zero-order chi connectivity index (χ0) is 15.0. The number of carbonyl (C=O) groups is 1. The normalized spacial score (nSPS) is 12.2. The van der Waals surface area contributed by atoms with Crippen LogP contribution in [0.15, 0.2) is 18.2 Å². The Morgan fingerprint density at radius 3 is 2.70 bits per heavy atom. The third-order valence-corrected chi connectivity index (χ3v) is 4.41. The fourth-order valence-electron chi connectivity index (χ4n) is 1.96. The summed E-state index contributed by atoms with van der Waals surface area (Å²) in [6.45, 7) is 7.33. The second-order valence-electron chi connectivity index (χ2n) is 4.86. The van der Waals surface area contributed by atoms with Crippen LogP contribution in [0.4, 0.5) is 0 Å². The second kappa shape index (κ2) is 9.03. The molecular weight excluding hydrogens is 270 g/mol. The largest absolute Gasteiger partial charge is 0.469 e. The van der Waals surface area contributed by atoms with Crippen LogP contribution < -0.4 is 5.32 Å². The summed E-state index contributed by atoms with van der Waals surface area (Å²) in [5.74, 6) is 1.64. The minimum absolute atomic E-state index is 0.135. The van der Waals surface area contributed by atoms with Gasteiger partial charge in [-0.25, -0.2) is 0 Å². The lowest BCUT2D eigenvalue weighted by molar-refractivity contribution is -0.140. The number of nitrogens with one attached hydrogen (secondary N) is 1. The average Bonchev–Trinajstić information content (AvgIpc) is 2.45. The number of hydrogen-bond acceptors (Lipinski definition) is 4. The SMILES string of the molecule is CCNC(CSCCC(=O)OC)c1ccc(C)c(C)c1. The first-order chi connectivity index (χ1) is 9.58. The standard InChI is InChI=1S/C16H25NO2S/c1-5-17-15(11-20-9-8-16(18)19-4)14-7-6-12(2)13(3)10-14/h6-7,10,15,17H,5,8-9,11H2,1-4H3. The highest BCUT2D eigenvalue weighted by Gasteiger charge is 2.11. The maximum Gasteiger partial charge on any atom is 0.306 e. The number of ether oxygens (including phenoxy) is 1. The van der Waals surface area contributed by atoms with Gasteiger partial charge in [0.05, 0.1) is 13.5 Å². The van der Waals surface area contributed by atoms with E-state index in [2.05, 4.69) is 49.0 Å². The Balaban J connectivity index is 2.55. The van der Waals surface area contributed by atoms with Crippen molar-refractivity contribution < 1.29 is 9.53 Å². The highest BCUT2D eigenvalue weighted by Crippen LogP contribution is 2.21. The van der Waals surface area contributed by atoms with Crippen molar-refractivity contribution >= 4 is 17.7 Å². The number of esters is 1. The molecule has 0 saturated carbocycles. The van der Waals surface area contributed by atoms with E-state index in [-0.39, 0.29) is 5.97 Å². The van der Waals surface area contributed by atoms with E-state index in [0.717, 1.165) is 18.1 Å². The smallest absolute Gasteiger partial charge is 0.306 e. The molecule has 1 rings (SSSR count). The van der Waals surface area contributed by atoms with Crippen molar-refractivity contribution in [3.8, 4) is 0 Å². The van der Waals surface area contributed by atoms with Gasteiger partial charge in [0.25, 0.3) is 0 Å². The van der Waals surface area contributed by atoms with Gasteiger partial charge in [-0.1, -0.05) is 25.1 Å². The first-order valence-corrected chi connectivity index (χ1v) is 8.19. The first-order valence-electron chi connectivity index (χ1n) is 7.03. The molecule has 0 bridgehead atoms. The third-order valence-electron chi connectivity index (χ3n) is 3.35. The molecule has 1 atom stereocenters. The first kappa shape index (κ1) is 17.1. The van der Waals surface area contributed by atoms with Gasteiger partial charge in [0.1, 0.15) is 0 Å². The van der Waals surface area contributed by atoms with E-state index in [9.17, 15) is 4.79 Å². The summed E-state index contributed by atoms with van der Waals surface area (Å²) >= 11 is 1.79. The highest BCUT2D eigenvalue weighted by atomic mass is 32.2. The number of methoxy groups -OCH3 is 1. The van der Waals surface area contributed by atoms with Crippen molar-refractivity contribution in [1.82, 2.24) is 5.32 Å². The van der Waals surface area contributed by atoms with Crippen LogP contribution in [0.25, 0.3) is 0 Å². The summed E-state index contributed by atoms with van der Waals surface area (Å²) in [5, 5.41) is 3.51. The molecule has 4 heteroatoms. The molecule has 0 saturated heterocycles. The van der Waals surface area contributed by atoms with E-state index >= 15 is 0 Å². The predicted molar refractivity (Wildman–Crippen MR) is 86.3 cm³/mol. The fourth-order valence-corrected chi connectivity index (χ4v) is 2.98. The molecule has 0 aromatic heterocycles. The Kier molecular flexibility index (Phi) is 7.70. The van der Waals surface area contributed by atoms with Gasteiger partial charge in [0, 0.05) is 17.5 Å². The third kappa shape index (κ3) is 5.55. The minimum Gasteiger partial charge on any atom is -0.469 e. The Bertz CT molecular complexity index is 434. The molecule has 1 N–H and O–H groups in total. The number of carbonyl (C=O) groups excluding carboxylic acids is 1. The number of hydrogen-bond donors (Lipinski definition) is 1. The summed E-state index contributed by atoms with van der Waals surface area (Å²) in [6.07, 6.45) is 0.479. The van der Waals surface area contributed by atoms with E-state index in [1.807, 2.05) is 0 Å². The van der Waals surface area contributed by atoms with Crippen molar-refractivity contribution in [2.75, 3.05) is 25.2 Å². The Morgan fingerprint density at radius 1 is 1.35 bits per heavy atom. The van der Waals surface area contributed by atoms with Crippen LogP contribution >= 0.6 is 11.8 Å². The van der Waals surface area contributed by atoms with Crippen LogP contribution in [-0.4, -0.2) is 31.1 Å². The monoisotopic (exact) mass is 295 g/mol. The van der Waals surface area contributed by atoms with Gasteiger partial charge in [0.15, 0.2) is 0 Å². The van der Waals surface area contributed by atoms with Gasteiger partial charge in [-0.05, 0) is 37.1 Å². The summed E-state index contributed by atoms with van der Waals surface area (Å²) in [5.41, 5.74) is 3.97. The van der Waals surface area contributed by atoms with Crippen molar-refractivity contribution in [2.45, 2.75) is 33.2 Å². The van der Waals surface area contributed by atoms with Crippen LogP contribution in [-0.2, 0) is 9.53 Å². The molecule has 20 heavy (non-hydrogen) atoms.